The average Bonchev–Trinajstić information content (AvgIpc) is 2.47. The number of hydrogen-bond acceptors (Lipinski definition) is 3. The Morgan fingerprint density at radius 1 is 1.48 bits per heavy atom. The van der Waals surface area contributed by atoms with Crippen LogP contribution in [-0.4, -0.2) is 44.1 Å². The number of amides is 1. The number of carbonyl (C=O) groups is 1. The van der Waals surface area contributed by atoms with E-state index < -0.39 is 5.82 Å². The first kappa shape index (κ1) is 16.2. The number of hydrogen-bond donors (Lipinski definition) is 1. The molecule has 116 valence electrons. The molecule has 1 aliphatic rings. The fourth-order valence-electron chi connectivity index (χ4n) is 2.50. The first-order valence-electron chi connectivity index (χ1n) is 7.10. The van der Waals surface area contributed by atoms with Crippen LogP contribution >= 0.6 is 15.9 Å². The number of likely N-dealkylation sites (tertiary alicyclic amines) is 1. The molecule has 1 amide bonds. The summed E-state index contributed by atoms with van der Waals surface area (Å²) in [5.41, 5.74) is 0. The maximum atomic E-state index is 13.6. The smallest absolute Gasteiger partial charge is 0.260 e. The van der Waals surface area contributed by atoms with E-state index >= 15 is 0 Å². The maximum Gasteiger partial charge on any atom is 0.260 e. The van der Waals surface area contributed by atoms with Crippen molar-refractivity contribution in [2.75, 3.05) is 33.3 Å². The van der Waals surface area contributed by atoms with Crippen molar-refractivity contribution in [2.24, 2.45) is 5.92 Å². The molecule has 21 heavy (non-hydrogen) atoms. The topological polar surface area (TPSA) is 41.6 Å². The van der Waals surface area contributed by atoms with Gasteiger partial charge in [-0.25, -0.2) is 4.39 Å². The molecule has 0 radical (unpaired) electrons. The van der Waals surface area contributed by atoms with Gasteiger partial charge < -0.3 is 15.0 Å². The van der Waals surface area contributed by atoms with Crippen LogP contribution in [0, 0.1) is 11.7 Å². The summed E-state index contributed by atoms with van der Waals surface area (Å²) in [4.78, 5) is 13.9. The molecule has 0 atom stereocenters. The molecule has 1 heterocycles. The number of piperidine rings is 1. The summed E-state index contributed by atoms with van der Waals surface area (Å²) in [6.07, 6.45) is 2.00. The number of nitrogens with zero attached hydrogens (tertiary/aromatic N) is 1. The monoisotopic (exact) mass is 358 g/mol. The van der Waals surface area contributed by atoms with Crippen LogP contribution in [0.2, 0.25) is 0 Å². The average molecular weight is 359 g/mol. The Hall–Kier alpha value is -1.14. The molecule has 6 heteroatoms. The highest BCUT2D eigenvalue weighted by Gasteiger charge is 2.22. The van der Waals surface area contributed by atoms with E-state index in [1.165, 1.54) is 12.1 Å². The van der Waals surface area contributed by atoms with E-state index in [9.17, 15) is 9.18 Å². The second kappa shape index (κ2) is 7.75. The zero-order valence-electron chi connectivity index (χ0n) is 12.1. The van der Waals surface area contributed by atoms with Crippen LogP contribution in [0.15, 0.2) is 22.7 Å². The number of rotatable bonds is 5. The lowest BCUT2D eigenvalue weighted by atomic mass is 9.97. The molecule has 1 aliphatic heterocycles. The van der Waals surface area contributed by atoms with Gasteiger partial charge in [0.1, 0.15) is 0 Å². The third kappa shape index (κ3) is 4.68. The van der Waals surface area contributed by atoms with E-state index in [4.69, 9.17) is 4.74 Å². The predicted octanol–water partition coefficient (Wildman–Crippen LogP) is 2.43. The van der Waals surface area contributed by atoms with Gasteiger partial charge in [0.2, 0.25) is 0 Å². The summed E-state index contributed by atoms with van der Waals surface area (Å²) < 4.78 is 19.5. The van der Waals surface area contributed by atoms with E-state index in [2.05, 4.69) is 21.2 Å². The molecular formula is C15H20BrFN2O2. The lowest BCUT2D eigenvalue weighted by Gasteiger charge is -2.31. The molecule has 1 fully saturated rings. The fraction of sp³-hybridized carbons (Fsp3) is 0.533. The Morgan fingerprint density at radius 2 is 2.19 bits per heavy atom. The van der Waals surface area contributed by atoms with Gasteiger partial charge in [-0.05, 0) is 50.6 Å². The van der Waals surface area contributed by atoms with E-state index in [0.717, 1.165) is 32.5 Å². The van der Waals surface area contributed by atoms with E-state index in [-0.39, 0.29) is 18.3 Å². The van der Waals surface area contributed by atoms with Crippen LogP contribution in [0.25, 0.3) is 0 Å². The van der Waals surface area contributed by atoms with Crippen molar-refractivity contribution in [2.45, 2.75) is 12.8 Å². The van der Waals surface area contributed by atoms with Gasteiger partial charge in [-0.1, -0.05) is 15.9 Å². The highest BCUT2D eigenvalue weighted by molar-refractivity contribution is 9.10. The van der Waals surface area contributed by atoms with Crippen molar-refractivity contribution in [1.29, 1.82) is 0 Å². The van der Waals surface area contributed by atoms with Crippen molar-refractivity contribution in [3.8, 4) is 5.75 Å². The summed E-state index contributed by atoms with van der Waals surface area (Å²) in [6.45, 7) is 2.37. The lowest BCUT2D eigenvalue weighted by molar-refractivity contribution is -0.134. The fourth-order valence-corrected chi connectivity index (χ4v) is 2.83. The van der Waals surface area contributed by atoms with Crippen LogP contribution in [0.4, 0.5) is 4.39 Å². The quantitative estimate of drug-likeness (QED) is 0.878. The van der Waals surface area contributed by atoms with Gasteiger partial charge in [0.25, 0.3) is 5.91 Å². The number of ether oxygens (including phenoxy) is 1. The minimum absolute atomic E-state index is 0.0831. The predicted molar refractivity (Wildman–Crippen MR) is 82.8 cm³/mol. The second-order valence-corrected chi connectivity index (χ2v) is 6.16. The Balaban J connectivity index is 1.80. The molecule has 1 N–H and O–H groups in total. The Kier molecular flexibility index (Phi) is 5.99. The zero-order chi connectivity index (χ0) is 15.2. The summed E-state index contributed by atoms with van der Waals surface area (Å²) >= 11 is 3.18. The van der Waals surface area contributed by atoms with Crippen LogP contribution in [0.1, 0.15) is 12.8 Å². The first-order valence-corrected chi connectivity index (χ1v) is 7.89. The molecular weight excluding hydrogens is 339 g/mol. The van der Waals surface area contributed by atoms with Gasteiger partial charge in [0.05, 0.1) is 0 Å². The summed E-state index contributed by atoms with van der Waals surface area (Å²) in [5.74, 6) is 0.186. The number of halogens is 2. The van der Waals surface area contributed by atoms with Crippen molar-refractivity contribution >= 4 is 21.8 Å². The normalized spacial score (nSPS) is 16.0. The molecule has 4 nitrogen and oxygen atoms in total. The van der Waals surface area contributed by atoms with Crippen molar-refractivity contribution in [3.05, 3.63) is 28.5 Å². The van der Waals surface area contributed by atoms with Gasteiger partial charge in [0.15, 0.2) is 18.2 Å². The zero-order valence-corrected chi connectivity index (χ0v) is 13.7. The van der Waals surface area contributed by atoms with Crippen LogP contribution in [-0.2, 0) is 4.79 Å². The molecule has 1 aromatic carbocycles. The van der Waals surface area contributed by atoms with E-state index in [1.807, 2.05) is 7.05 Å². The van der Waals surface area contributed by atoms with Gasteiger partial charge in [-0.3, -0.25) is 4.79 Å². The molecule has 1 saturated heterocycles. The highest BCUT2D eigenvalue weighted by Crippen LogP contribution is 2.22. The summed E-state index contributed by atoms with van der Waals surface area (Å²) in [6, 6.07) is 4.53. The lowest BCUT2D eigenvalue weighted by Crippen LogP contribution is -2.42. The number of nitrogens with one attached hydrogen (secondary N) is 1. The van der Waals surface area contributed by atoms with Crippen molar-refractivity contribution < 1.29 is 13.9 Å². The number of carbonyl (C=O) groups excluding carboxylic acids is 1. The molecule has 0 bridgehead atoms. The van der Waals surface area contributed by atoms with Gasteiger partial charge >= 0.3 is 0 Å². The molecule has 1 aromatic rings. The van der Waals surface area contributed by atoms with Gasteiger partial charge in [-0.2, -0.15) is 0 Å². The summed E-state index contributed by atoms with van der Waals surface area (Å²) in [5, 5.41) is 3.17. The van der Waals surface area contributed by atoms with Crippen molar-refractivity contribution in [1.82, 2.24) is 10.2 Å². The first-order chi connectivity index (χ1) is 10.1. The third-order valence-electron chi connectivity index (χ3n) is 3.71. The standard InChI is InChI=1S/C15H20BrFN2O2/c1-18-9-11-4-6-19(7-5-11)15(20)10-21-14-3-2-12(16)8-13(14)17/h2-3,8,11,18H,4-7,9-10H2,1H3. The largest absolute Gasteiger partial charge is 0.481 e. The molecule has 2 rings (SSSR count). The highest BCUT2D eigenvalue weighted by atomic mass is 79.9. The SMILES string of the molecule is CNCC1CCN(C(=O)COc2ccc(Br)cc2F)CC1. The summed E-state index contributed by atoms with van der Waals surface area (Å²) in [7, 11) is 1.94. The molecule has 0 spiro atoms. The number of benzene rings is 1. The Bertz CT molecular complexity index is 491. The molecule has 0 aromatic heterocycles. The minimum atomic E-state index is -0.468. The van der Waals surface area contributed by atoms with Crippen LogP contribution < -0.4 is 10.1 Å². The Labute approximate surface area is 132 Å². The molecule has 0 unspecified atom stereocenters. The Morgan fingerprint density at radius 3 is 2.81 bits per heavy atom. The van der Waals surface area contributed by atoms with Crippen LogP contribution in [0.3, 0.4) is 0 Å². The second-order valence-electron chi connectivity index (χ2n) is 5.25. The van der Waals surface area contributed by atoms with E-state index in [0.29, 0.717) is 10.4 Å². The third-order valence-corrected chi connectivity index (χ3v) is 4.20. The molecule has 0 saturated carbocycles. The maximum absolute atomic E-state index is 13.6. The minimum Gasteiger partial charge on any atom is -0.481 e. The molecule has 0 aliphatic carbocycles. The van der Waals surface area contributed by atoms with Crippen LogP contribution in [0.5, 0.6) is 5.75 Å². The van der Waals surface area contributed by atoms with Crippen molar-refractivity contribution in [3.63, 3.8) is 0 Å². The van der Waals surface area contributed by atoms with Gasteiger partial charge in [0, 0.05) is 17.6 Å². The van der Waals surface area contributed by atoms with E-state index in [1.54, 1.807) is 11.0 Å². The van der Waals surface area contributed by atoms with Gasteiger partial charge in [-0.15, -0.1) is 0 Å².